The number of benzene rings is 4. The zero-order chi connectivity index (χ0) is 20.4. The first kappa shape index (κ1) is 19.1. The van der Waals surface area contributed by atoms with Crippen LogP contribution in [-0.2, 0) is 5.41 Å². The van der Waals surface area contributed by atoms with Crippen LogP contribution in [0.15, 0.2) is 109 Å². The summed E-state index contributed by atoms with van der Waals surface area (Å²) in [7, 11) is 0. The van der Waals surface area contributed by atoms with Gasteiger partial charge in [-0.1, -0.05) is 0 Å². The molecule has 0 bridgehead atoms. The molecule has 0 saturated heterocycles. The summed E-state index contributed by atoms with van der Waals surface area (Å²) in [5.74, 6) is 0. The van der Waals surface area contributed by atoms with Gasteiger partial charge in [-0.05, 0) is 0 Å². The number of rotatable bonds is 4. The van der Waals surface area contributed by atoms with E-state index in [1.807, 2.05) is 0 Å². The first-order valence-electron chi connectivity index (χ1n) is 10.3. The Morgan fingerprint density at radius 2 is 1.23 bits per heavy atom. The molecule has 0 amide bonds. The Kier molecular flexibility index (Phi) is 5.12. The van der Waals surface area contributed by atoms with Crippen LogP contribution in [0.4, 0.5) is 5.69 Å². The second kappa shape index (κ2) is 8.07. The number of hydrogen-bond donors (Lipinski definition) is 0. The van der Waals surface area contributed by atoms with Crippen molar-refractivity contribution in [1.29, 1.82) is 0 Å². The van der Waals surface area contributed by atoms with Gasteiger partial charge in [-0.2, -0.15) is 0 Å². The van der Waals surface area contributed by atoms with E-state index < -0.39 is 0 Å². The van der Waals surface area contributed by atoms with Crippen LogP contribution in [0.1, 0.15) is 29.2 Å². The van der Waals surface area contributed by atoms with Gasteiger partial charge in [0, 0.05) is 0 Å². The molecule has 0 aromatic heterocycles. The topological polar surface area (TPSA) is 3.01 Å². The third-order valence-electron chi connectivity index (χ3n) is 6.02. The Bertz CT molecular complexity index is 1140. The summed E-state index contributed by atoms with van der Waals surface area (Å²) in [6.45, 7) is 2.38. The fraction of sp³-hybridized carbons (Fsp3) is 0.107. The van der Waals surface area contributed by atoms with Crippen LogP contribution in [0.5, 0.6) is 0 Å². The van der Waals surface area contributed by atoms with Crippen molar-refractivity contribution in [2.24, 2.45) is 0 Å². The Labute approximate surface area is 184 Å². The summed E-state index contributed by atoms with van der Waals surface area (Å²) in [4.78, 5) is 0. The van der Waals surface area contributed by atoms with E-state index in [1.165, 1.54) is 32.4 Å². The first-order chi connectivity index (χ1) is 14.8. The number of para-hydroxylation sites is 1. The summed E-state index contributed by atoms with van der Waals surface area (Å²) in [5, 5.41) is 0. The van der Waals surface area contributed by atoms with Gasteiger partial charge in [-0.3, -0.25) is 0 Å². The third kappa shape index (κ3) is 3.33. The molecule has 0 atom stereocenters. The van der Waals surface area contributed by atoms with Crippen molar-refractivity contribution in [3.63, 3.8) is 0 Å². The molecule has 4 aromatic carbocycles. The summed E-state index contributed by atoms with van der Waals surface area (Å²) in [5.41, 5.74) is 7.60. The fourth-order valence-electron chi connectivity index (χ4n) is 4.34. The Morgan fingerprint density at radius 3 is 1.83 bits per heavy atom. The van der Waals surface area contributed by atoms with Crippen molar-refractivity contribution in [3.05, 3.63) is 131 Å². The summed E-state index contributed by atoms with van der Waals surface area (Å²) in [6, 6.07) is 39.4. The average Bonchev–Trinajstić information content (AvgIpc) is 2.84. The van der Waals surface area contributed by atoms with Gasteiger partial charge in [0.05, 0.1) is 0 Å². The molecule has 30 heavy (non-hydrogen) atoms. The molecule has 1 aliphatic rings. The maximum absolute atomic E-state index is 2.40. The molecule has 1 nitrogen and oxygen atoms in total. The SMILES string of the molecule is CC(c1ccccc1)(c1ccccc1)c1cccc2c1[Se]C[N+](c1ccccc1)=C2. The van der Waals surface area contributed by atoms with Crippen LogP contribution in [0.2, 0.25) is 0 Å². The monoisotopic (exact) mass is 454 g/mol. The van der Waals surface area contributed by atoms with Gasteiger partial charge < -0.3 is 0 Å². The van der Waals surface area contributed by atoms with Crippen molar-refractivity contribution >= 4 is 31.3 Å². The Hall–Kier alpha value is -2.93. The van der Waals surface area contributed by atoms with E-state index in [0.717, 1.165) is 5.44 Å². The van der Waals surface area contributed by atoms with Crippen molar-refractivity contribution in [3.8, 4) is 0 Å². The Balaban J connectivity index is 1.69. The van der Waals surface area contributed by atoms with E-state index in [2.05, 4.69) is 127 Å². The van der Waals surface area contributed by atoms with Gasteiger partial charge in [0.25, 0.3) is 0 Å². The van der Waals surface area contributed by atoms with Crippen molar-refractivity contribution < 1.29 is 4.58 Å². The third-order valence-corrected chi connectivity index (χ3v) is 8.43. The standard InChI is InChI=1S/C28H24NSe/c1-28(23-13-5-2-6-14-23,24-15-7-3-8-16-24)26-19-11-12-22-20-29(21-30-27(22)26)25-17-9-4-10-18-25/h2-20H,21H2,1H3/q+1. The molecule has 0 spiro atoms. The molecule has 0 radical (unpaired) electrons. The molecular formula is C28H24NSe+. The molecule has 0 unspecified atom stereocenters. The van der Waals surface area contributed by atoms with E-state index in [1.54, 1.807) is 0 Å². The number of fused-ring (bicyclic) bond motifs is 1. The predicted octanol–water partition coefficient (Wildman–Crippen LogP) is 5.10. The number of hydrogen-bond acceptors (Lipinski definition) is 0. The predicted molar refractivity (Wildman–Crippen MR) is 127 cm³/mol. The molecule has 4 aromatic rings. The van der Waals surface area contributed by atoms with E-state index >= 15 is 0 Å². The van der Waals surface area contributed by atoms with Crippen molar-refractivity contribution in [1.82, 2.24) is 0 Å². The van der Waals surface area contributed by atoms with Crippen molar-refractivity contribution in [2.75, 3.05) is 5.44 Å². The molecule has 0 saturated carbocycles. The molecule has 5 rings (SSSR count). The molecular weight excluding hydrogens is 429 g/mol. The molecule has 146 valence electrons. The van der Waals surface area contributed by atoms with E-state index in [-0.39, 0.29) is 5.41 Å². The van der Waals surface area contributed by atoms with Gasteiger partial charge >= 0.3 is 185 Å². The van der Waals surface area contributed by atoms with Gasteiger partial charge in [0.15, 0.2) is 0 Å². The van der Waals surface area contributed by atoms with Crippen LogP contribution in [0.3, 0.4) is 0 Å². The maximum atomic E-state index is 2.40. The zero-order valence-electron chi connectivity index (χ0n) is 17.0. The zero-order valence-corrected chi connectivity index (χ0v) is 18.7. The number of nitrogens with zero attached hydrogens (tertiary/aromatic N) is 1. The average molecular weight is 453 g/mol. The fourth-order valence-corrected chi connectivity index (χ4v) is 6.87. The van der Waals surface area contributed by atoms with Gasteiger partial charge in [-0.25, -0.2) is 0 Å². The van der Waals surface area contributed by atoms with Crippen LogP contribution in [-0.4, -0.2) is 31.2 Å². The van der Waals surface area contributed by atoms with Crippen LogP contribution < -0.4 is 4.46 Å². The Morgan fingerprint density at radius 1 is 0.667 bits per heavy atom. The van der Waals surface area contributed by atoms with E-state index in [0.29, 0.717) is 15.0 Å². The van der Waals surface area contributed by atoms with E-state index in [9.17, 15) is 0 Å². The van der Waals surface area contributed by atoms with Gasteiger partial charge in [0.2, 0.25) is 0 Å². The summed E-state index contributed by atoms with van der Waals surface area (Å²) >= 11 is 0.362. The minimum absolute atomic E-state index is 0.182. The summed E-state index contributed by atoms with van der Waals surface area (Å²) < 4.78 is 3.92. The molecule has 0 N–H and O–H groups in total. The van der Waals surface area contributed by atoms with Gasteiger partial charge in [0.1, 0.15) is 0 Å². The van der Waals surface area contributed by atoms with E-state index in [4.69, 9.17) is 0 Å². The van der Waals surface area contributed by atoms with Gasteiger partial charge in [-0.15, -0.1) is 0 Å². The second-order valence-electron chi connectivity index (χ2n) is 7.79. The summed E-state index contributed by atoms with van der Waals surface area (Å²) in [6.07, 6.45) is 2.33. The normalized spacial score (nSPS) is 13.4. The van der Waals surface area contributed by atoms with Crippen LogP contribution >= 0.6 is 0 Å². The molecule has 0 aliphatic carbocycles. The van der Waals surface area contributed by atoms with Crippen molar-refractivity contribution in [2.45, 2.75) is 12.3 Å². The van der Waals surface area contributed by atoms with Crippen LogP contribution in [0.25, 0.3) is 0 Å². The minimum atomic E-state index is -0.182. The quantitative estimate of drug-likeness (QED) is 0.230. The molecule has 0 fully saturated rings. The second-order valence-corrected chi connectivity index (χ2v) is 9.79. The first-order valence-corrected chi connectivity index (χ1v) is 12.4. The molecule has 2 heteroatoms. The molecule has 1 heterocycles. The molecule has 1 aliphatic heterocycles. The van der Waals surface area contributed by atoms with Crippen LogP contribution in [0, 0.1) is 0 Å².